The lowest BCUT2D eigenvalue weighted by molar-refractivity contribution is 0.103. The number of ketones is 1. The Morgan fingerprint density at radius 3 is 2.75 bits per heavy atom. The molecule has 0 aliphatic carbocycles. The molecular weight excluding hydrogens is 384 g/mol. The van der Waals surface area contributed by atoms with Crippen LogP contribution in [0.1, 0.15) is 27.9 Å². The first-order valence-corrected chi connectivity index (χ1v) is 7.99. The molecule has 2 nitrogen and oxygen atoms in total. The van der Waals surface area contributed by atoms with Crippen LogP contribution in [0.5, 0.6) is 5.75 Å². The van der Waals surface area contributed by atoms with Gasteiger partial charge in [-0.25, -0.2) is 0 Å². The van der Waals surface area contributed by atoms with Gasteiger partial charge in [0.1, 0.15) is 5.75 Å². The molecule has 1 aliphatic heterocycles. The van der Waals surface area contributed by atoms with Crippen LogP contribution in [0, 0.1) is 0 Å². The second kappa shape index (κ2) is 5.70. The van der Waals surface area contributed by atoms with Crippen LogP contribution in [0.4, 0.5) is 0 Å². The Morgan fingerprint density at radius 2 is 1.95 bits per heavy atom. The maximum Gasteiger partial charge on any atom is 0.194 e. The highest BCUT2D eigenvalue weighted by Gasteiger charge is 2.16. The molecule has 0 atom stereocenters. The minimum atomic E-state index is 0.0257. The van der Waals surface area contributed by atoms with Crippen LogP contribution in [-0.4, -0.2) is 12.4 Å². The minimum absolute atomic E-state index is 0.0257. The van der Waals surface area contributed by atoms with Crippen molar-refractivity contribution in [2.24, 2.45) is 0 Å². The zero-order valence-electron chi connectivity index (χ0n) is 10.7. The monoisotopic (exact) mass is 394 g/mol. The predicted molar refractivity (Wildman–Crippen MR) is 85.5 cm³/mol. The van der Waals surface area contributed by atoms with E-state index in [9.17, 15) is 4.79 Å². The Kier molecular flexibility index (Phi) is 3.94. The van der Waals surface area contributed by atoms with Gasteiger partial charge in [0.25, 0.3) is 0 Å². The number of hydrogen-bond acceptors (Lipinski definition) is 2. The van der Waals surface area contributed by atoms with E-state index in [1.807, 2.05) is 36.4 Å². The molecule has 0 unspecified atom stereocenters. The van der Waals surface area contributed by atoms with E-state index in [0.29, 0.717) is 11.1 Å². The molecule has 3 rings (SSSR count). The summed E-state index contributed by atoms with van der Waals surface area (Å²) >= 11 is 6.84. The topological polar surface area (TPSA) is 26.3 Å². The molecule has 0 amide bonds. The van der Waals surface area contributed by atoms with E-state index >= 15 is 0 Å². The Hall–Kier alpha value is -1.13. The van der Waals surface area contributed by atoms with Crippen molar-refractivity contribution in [3.05, 3.63) is 62.0 Å². The molecule has 0 saturated carbocycles. The fourth-order valence-corrected chi connectivity index (χ4v) is 3.56. The summed E-state index contributed by atoms with van der Waals surface area (Å²) in [5, 5.41) is 0. The van der Waals surface area contributed by atoms with Crippen LogP contribution in [0.3, 0.4) is 0 Å². The van der Waals surface area contributed by atoms with Crippen LogP contribution in [0.25, 0.3) is 0 Å². The Bertz CT molecular complexity index is 680. The lowest BCUT2D eigenvalue weighted by Crippen LogP contribution is -2.10. The quantitative estimate of drug-likeness (QED) is 0.684. The molecule has 0 bridgehead atoms. The van der Waals surface area contributed by atoms with Crippen LogP contribution < -0.4 is 4.74 Å². The van der Waals surface area contributed by atoms with E-state index < -0.39 is 0 Å². The summed E-state index contributed by atoms with van der Waals surface area (Å²) in [4.78, 5) is 12.6. The second-order valence-electron chi connectivity index (χ2n) is 4.73. The standard InChI is InChI=1S/C16H12Br2O2/c17-12-4-5-13(14(18)9-12)16(19)11-3-6-15-10(8-11)2-1-7-20-15/h3-6,8-9H,1-2,7H2. The van der Waals surface area contributed by atoms with E-state index in [4.69, 9.17) is 4.74 Å². The molecule has 102 valence electrons. The van der Waals surface area contributed by atoms with Crippen LogP contribution in [0.15, 0.2) is 45.3 Å². The molecular formula is C16H12Br2O2. The van der Waals surface area contributed by atoms with E-state index in [2.05, 4.69) is 31.9 Å². The van der Waals surface area contributed by atoms with Gasteiger partial charge in [0.15, 0.2) is 5.78 Å². The Morgan fingerprint density at radius 1 is 1.10 bits per heavy atom. The summed E-state index contributed by atoms with van der Waals surface area (Å²) in [7, 11) is 0. The van der Waals surface area contributed by atoms with Crippen molar-refractivity contribution in [2.75, 3.05) is 6.61 Å². The third-order valence-corrected chi connectivity index (χ3v) is 4.50. The summed E-state index contributed by atoms with van der Waals surface area (Å²) in [6.07, 6.45) is 1.98. The molecule has 2 aromatic carbocycles. The van der Waals surface area contributed by atoms with Crippen LogP contribution >= 0.6 is 31.9 Å². The van der Waals surface area contributed by atoms with Crippen molar-refractivity contribution < 1.29 is 9.53 Å². The molecule has 0 spiro atoms. The van der Waals surface area contributed by atoms with Gasteiger partial charge in [0.2, 0.25) is 0 Å². The molecule has 0 saturated heterocycles. The van der Waals surface area contributed by atoms with E-state index in [1.54, 1.807) is 0 Å². The summed E-state index contributed by atoms with van der Waals surface area (Å²) in [5.41, 5.74) is 2.50. The molecule has 0 radical (unpaired) electrons. The third-order valence-electron chi connectivity index (χ3n) is 3.35. The predicted octanol–water partition coefficient (Wildman–Crippen LogP) is 4.77. The van der Waals surface area contributed by atoms with Gasteiger partial charge in [-0.3, -0.25) is 4.79 Å². The van der Waals surface area contributed by atoms with Crippen molar-refractivity contribution in [1.29, 1.82) is 0 Å². The fraction of sp³-hybridized carbons (Fsp3) is 0.188. The second-order valence-corrected chi connectivity index (χ2v) is 6.50. The van der Waals surface area contributed by atoms with Crippen molar-refractivity contribution in [1.82, 2.24) is 0 Å². The SMILES string of the molecule is O=C(c1ccc2c(c1)CCCO2)c1ccc(Br)cc1Br. The first-order chi connectivity index (χ1) is 9.65. The van der Waals surface area contributed by atoms with E-state index in [-0.39, 0.29) is 5.78 Å². The van der Waals surface area contributed by atoms with Gasteiger partial charge in [-0.05, 0) is 70.7 Å². The number of halogens is 2. The lowest BCUT2D eigenvalue weighted by Gasteiger charge is -2.17. The zero-order valence-corrected chi connectivity index (χ0v) is 13.8. The summed E-state index contributed by atoms with van der Waals surface area (Å²) in [6, 6.07) is 11.3. The number of rotatable bonds is 2. The number of benzene rings is 2. The minimum Gasteiger partial charge on any atom is -0.493 e. The van der Waals surface area contributed by atoms with Gasteiger partial charge in [-0.2, -0.15) is 0 Å². The van der Waals surface area contributed by atoms with Gasteiger partial charge >= 0.3 is 0 Å². The first kappa shape index (κ1) is 13.8. The fourth-order valence-electron chi connectivity index (χ4n) is 2.33. The molecule has 2 aromatic rings. The number of carbonyl (C=O) groups is 1. The lowest BCUT2D eigenvalue weighted by atomic mass is 9.98. The van der Waals surface area contributed by atoms with Crippen molar-refractivity contribution >= 4 is 37.6 Å². The highest BCUT2D eigenvalue weighted by Crippen LogP contribution is 2.28. The van der Waals surface area contributed by atoms with Gasteiger partial charge in [-0.1, -0.05) is 15.9 Å². The molecule has 0 fully saturated rings. The van der Waals surface area contributed by atoms with Gasteiger partial charge in [-0.15, -0.1) is 0 Å². The summed E-state index contributed by atoms with van der Waals surface area (Å²) < 4.78 is 7.32. The first-order valence-electron chi connectivity index (χ1n) is 6.40. The van der Waals surface area contributed by atoms with Gasteiger partial charge < -0.3 is 4.74 Å². The zero-order chi connectivity index (χ0) is 14.1. The van der Waals surface area contributed by atoms with E-state index in [1.165, 1.54) is 0 Å². The van der Waals surface area contributed by atoms with Crippen molar-refractivity contribution in [3.8, 4) is 5.75 Å². The molecule has 0 aromatic heterocycles. The summed E-state index contributed by atoms with van der Waals surface area (Å²) in [5.74, 6) is 0.931. The normalized spacial score (nSPS) is 13.5. The smallest absolute Gasteiger partial charge is 0.194 e. The number of aryl methyl sites for hydroxylation is 1. The number of carbonyl (C=O) groups excluding carboxylic acids is 1. The average molecular weight is 396 g/mol. The van der Waals surface area contributed by atoms with E-state index in [0.717, 1.165) is 39.7 Å². The van der Waals surface area contributed by atoms with Crippen molar-refractivity contribution in [3.63, 3.8) is 0 Å². The van der Waals surface area contributed by atoms with Crippen LogP contribution in [0.2, 0.25) is 0 Å². The van der Waals surface area contributed by atoms with Crippen molar-refractivity contribution in [2.45, 2.75) is 12.8 Å². The van der Waals surface area contributed by atoms with Gasteiger partial charge in [0.05, 0.1) is 6.61 Å². The number of ether oxygens (including phenoxy) is 1. The third kappa shape index (κ3) is 2.67. The molecule has 0 N–H and O–H groups in total. The Labute approximate surface area is 134 Å². The number of fused-ring (bicyclic) bond motifs is 1. The summed E-state index contributed by atoms with van der Waals surface area (Å²) in [6.45, 7) is 0.762. The molecule has 1 heterocycles. The van der Waals surface area contributed by atoms with Gasteiger partial charge in [0, 0.05) is 20.1 Å². The molecule has 4 heteroatoms. The largest absolute Gasteiger partial charge is 0.493 e. The van der Waals surface area contributed by atoms with Crippen LogP contribution in [-0.2, 0) is 6.42 Å². The molecule has 20 heavy (non-hydrogen) atoms. The average Bonchev–Trinajstić information content (AvgIpc) is 2.46. The Balaban J connectivity index is 1.98. The highest BCUT2D eigenvalue weighted by atomic mass is 79.9. The maximum absolute atomic E-state index is 12.6. The maximum atomic E-state index is 12.6. The molecule has 1 aliphatic rings. The number of hydrogen-bond donors (Lipinski definition) is 0. The highest BCUT2D eigenvalue weighted by molar-refractivity contribution is 9.11.